The van der Waals surface area contributed by atoms with E-state index in [1.54, 1.807) is 5.38 Å². The lowest BCUT2D eigenvalue weighted by atomic mass is 10.1. The maximum atomic E-state index is 12.1. The minimum atomic E-state index is -0.433. The van der Waals surface area contributed by atoms with Crippen LogP contribution in [0.15, 0.2) is 5.38 Å². The zero-order chi connectivity index (χ0) is 15.2. The maximum Gasteiger partial charge on any atom is 0.259 e. The van der Waals surface area contributed by atoms with Gasteiger partial charge in [-0.3, -0.25) is 14.5 Å². The van der Waals surface area contributed by atoms with E-state index >= 15 is 0 Å². The van der Waals surface area contributed by atoms with Crippen molar-refractivity contribution < 1.29 is 14.3 Å². The first kappa shape index (κ1) is 15.9. The molecule has 0 bridgehead atoms. The number of ether oxygens (including phenoxy) is 1. The second kappa shape index (κ2) is 7.53. The standard InChI is InChI=1S/C14H21N3O3S/c1-2-3-10-11(9-21-13(10)14(15)19)16-12(18)8-17-4-6-20-7-5-17/h9H,2-8H2,1H3,(H2,15,19)(H,16,18). The number of primary amides is 1. The fraction of sp³-hybridized carbons (Fsp3) is 0.571. The Kier molecular flexibility index (Phi) is 5.72. The molecule has 0 aromatic carbocycles. The predicted octanol–water partition coefficient (Wildman–Crippen LogP) is 1.07. The fourth-order valence-corrected chi connectivity index (χ4v) is 3.25. The number of carbonyl (C=O) groups is 2. The lowest BCUT2D eigenvalue weighted by Crippen LogP contribution is -2.41. The number of nitrogens with zero attached hydrogens (tertiary/aromatic N) is 1. The minimum Gasteiger partial charge on any atom is -0.379 e. The summed E-state index contributed by atoms with van der Waals surface area (Å²) in [6.07, 6.45) is 1.62. The summed E-state index contributed by atoms with van der Waals surface area (Å²) in [6, 6.07) is 0. The Morgan fingerprint density at radius 1 is 1.43 bits per heavy atom. The molecule has 0 saturated carbocycles. The quantitative estimate of drug-likeness (QED) is 0.823. The Hall–Kier alpha value is -1.44. The van der Waals surface area contributed by atoms with Crippen LogP contribution < -0.4 is 11.1 Å². The number of thiophene rings is 1. The number of morpholine rings is 1. The van der Waals surface area contributed by atoms with Crippen LogP contribution in [0.5, 0.6) is 0 Å². The third-order valence-electron chi connectivity index (χ3n) is 3.36. The number of hydrogen-bond acceptors (Lipinski definition) is 5. The lowest BCUT2D eigenvalue weighted by molar-refractivity contribution is -0.118. The highest BCUT2D eigenvalue weighted by Gasteiger charge is 2.18. The highest BCUT2D eigenvalue weighted by atomic mass is 32.1. The molecule has 21 heavy (non-hydrogen) atoms. The SMILES string of the molecule is CCCc1c(NC(=O)CN2CCOCC2)csc1C(N)=O. The summed E-state index contributed by atoms with van der Waals surface area (Å²) in [5, 5.41) is 4.69. The first-order valence-electron chi connectivity index (χ1n) is 7.12. The highest BCUT2D eigenvalue weighted by Crippen LogP contribution is 2.28. The molecular weight excluding hydrogens is 290 g/mol. The van der Waals surface area contributed by atoms with Crippen molar-refractivity contribution in [3.63, 3.8) is 0 Å². The van der Waals surface area contributed by atoms with Crippen LogP contribution >= 0.6 is 11.3 Å². The fourth-order valence-electron chi connectivity index (χ4n) is 2.34. The van der Waals surface area contributed by atoms with Gasteiger partial charge in [-0.25, -0.2) is 0 Å². The van der Waals surface area contributed by atoms with Crippen LogP contribution in [-0.2, 0) is 16.0 Å². The molecule has 0 spiro atoms. The van der Waals surface area contributed by atoms with Gasteiger partial charge >= 0.3 is 0 Å². The van der Waals surface area contributed by atoms with Crippen LogP contribution in [-0.4, -0.2) is 49.6 Å². The molecule has 0 aliphatic carbocycles. The Balaban J connectivity index is 2.00. The Bertz CT molecular complexity index is 510. The Morgan fingerprint density at radius 2 is 2.14 bits per heavy atom. The summed E-state index contributed by atoms with van der Waals surface area (Å²) in [7, 11) is 0. The van der Waals surface area contributed by atoms with Gasteiger partial charge in [0.05, 0.1) is 30.3 Å². The summed E-state index contributed by atoms with van der Waals surface area (Å²) < 4.78 is 5.26. The number of nitrogens with two attached hydrogens (primary N) is 1. The van der Waals surface area contributed by atoms with Crippen molar-refractivity contribution >= 4 is 28.8 Å². The van der Waals surface area contributed by atoms with Crippen LogP contribution in [0.3, 0.4) is 0 Å². The van der Waals surface area contributed by atoms with Gasteiger partial charge in [0.25, 0.3) is 5.91 Å². The molecular formula is C14H21N3O3S. The van der Waals surface area contributed by atoms with E-state index in [4.69, 9.17) is 10.5 Å². The third kappa shape index (κ3) is 4.26. The molecule has 0 unspecified atom stereocenters. The predicted molar refractivity (Wildman–Crippen MR) is 82.7 cm³/mol. The van der Waals surface area contributed by atoms with Gasteiger partial charge in [0.1, 0.15) is 0 Å². The van der Waals surface area contributed by atoms with Crippen molar-refractivity contribution in [1.29, 1.82) is 0 Å². The minimum absolute atomic E-state index is 0.0666. The van der Waals surface area contributed by atoms with E-state index in [1.807, 2.05) is 6.92 Å². The molecule has 1 fully saturated rings. The zero-order valence-corrected chi connectivity index (χ0v) is 13.0. The van der Waals surface area contributed by atoms with E-state index < -0.39 is 5.91 Å². The molecule has 1 aromatic heterocycles. The number of rotatable bonds is 6. The topological polar surface area (TPSA) is 84.7 Å². The summed E-state index contributed by atoms with van der Waals surface area (Å²) >= 11 is 1.29. The highest BCUT2D eigenvalue weighted by molar-refractivity contribution is 7.12. The normalized spacial score (nSPS) is 15.9. The summed E-state index contributed by atoms with van der Waals surface area (Å²) in [6.45, 7) is 5.24. The molecule has 2 heterocycles. The van der Waals surface area contributed by atoms with E-state index in [0.29, 0.717) is 30.3 Å². The number of hydrogen-bond donors (Lipinski definition) is 2. The molecule has 2 rings (SSSR count). The molecule has 1 aliphatic heterocycles. The van der Waals surface area contributed by atoms with Gasteiger partial charge in [-0.2, -0.15) is 0 Å². The van der Waals surface area contributed by atoms with Crippen molar-refractivity contribution in [2.75, 3.05) is 38.2 Å². The molecule has 3 N–H and O–H groups in total. The second-order valence-corrected chi connectivity index (χ2v) is 5.89. The monoisotopic (exact) mass is 311 g/mol. The third-order valence-corrected chi connectivity index (χ3v) is 4.40. The van der Waals surface area contributed by atoms with Gasteiger partial charge in [0.15, 0.2) is 0 Å². The smallest absolute Gasteiger partial charge is 0.259 e. The van der Waals surface area contributed by atoms with E-state index in [2.05, 4.69) is 10.2 Å². The number of carbonyl (C=O) groups excluding carboxylic acids is 2. The Morgan fingerprint density at radius 3 is 2.76 bits per heavy atom. The number of anilines is 1. The van der Waals surface area contributed by atoms with E-state index in [0.717, 1.165) is 31.5 Å². The van der Waals surface area contributed by atoms with Gasteiger partial charge < -0.3 is 15.8 Å². The molecule has 1 aromatic rings. The summed E-state index contributed by atoms with van der Waals surface area (Å²) in [4.78, 5) is 26.1. The van der Waals surface area contributed by atoms with Crippen LogP contribution in [0, 0.1) is 0 Å². The zero-order valence-electron chi connectivity index (χ0n) is 12.2. The van der Waals surface area contributed by atoms with Crippen LogP contribution in [0.2, 0.25) is 0 Å². The average molecular weight is 311 g/mol. The molecule has 116 valence electrons. The molecule has 6 nitrogen and oxygen atoms in total. The van der Waals surface area contributed by atoms with E-state index in [9.17, 15) is 9.59 Å². The van der Waals surface area contributed by atoms with Crippen LogP contribution in [0.1, 0.15) is 28.6 Å². The molecule has 2 amide bonds. The number of nitrogens with one attached hydrogen (secondary N) is 1. The number of amides is 2. The second-order valence-electron chi connectivity index (χ2n) is 5.01. The van der Waals surface area contributed by atoms with E-state index in [1.165, 1.54) is 11.3 Å². The van der Waals surface area contributed by atoms with Crippen molar-refractivity contribution in [3.8, 4) is 0 Å². The first-order valence-corrected chi connectivity index (χ1v) is 8.00. The van der Waals surface area contributed by atoms with Crippen molar-refractivity contribution in [2.45, 2.75) is 19.8 Å². The Labute approximate surface area is 128 Å². The van der Waals surface area contributed by atoms with Crippen molar-refractivity contribution in [2.24, 2.45) is 5.73 Å². The first-order chi connectivity index (χ1) is 10.1. The molecule has 0 atom stereocenters. The molecule has 1 saturated heterocycles. The molecule has 1 aliphatic rings. The maximum absolute atomic E-state index is 12.1. The van der Waals surface area contributed by atoms with Crippen LogP contribution in [0.4, 0.5) is 5.69 Å². The van der Waals surface area contributed by atoms with Gasteiger partial charge in [-0.05, 0) is 12.0 Å². The average Bonchev–Trinajstić information content (AvgIpc) is 2.83. The van der Waals surface area contributed by atoms with Gasteiger partial charge in [-0.1, -0.05) is 13.3 Å². The van der Waals surface area contributed by atoms with Gasteiger partial charge in [0, 0.05) is 18.5 Å². The van der Waals surface area contributed by atoms with Crippen molar-refractivity contribution in [3.05, 3.63) is 15.8 Å². The lowest BCUT2D eigenvalue weighted by Gasteiger charge is -2.25. The van der Waals surface area contributed by atoms with Gasteiger partial charge in [0.2, 0.25) is 5.91 Å². The largest absolute Gasteiger partial charge is 0.379 e. The summed E-state index contributed by atoms with van der Waals surface area (Å²) in [5.74, 6) is -0.500. The van der Waals surface area contributed by atoms with Crippen molar-refractivity contribution in [1.82, 2.24) is 4.90 Å². The molecule has 0 radical (unpaired) electrons. The summed E-state index contributed by atoms with van der Waals surface area (Å²) in [5.41, 5.74) is 6.94. The van der Waals surface area contributed by atoms with Crippen LogP contribution in [0.25, 0.3) is 0 Å². The molecule has 7 heteroatoms. The van der Waals surface area contributed by atoms with E-state index in [-0.39, 0.29) is 5.91 Å². The van der Waals surface area contributed by atoms with Gasteiger partial charge in [-0.15, -0.1) is 11.3 Å².